The fraction of sp³-hybridized carbons (Fsp3) is 0.250. The number of carbonyl (C=O) groups is 1. The van der Waals surface area contributed by atoms with Gasteiger partial charge in [0.15, 0.2) is 0 Å². The second-order valence-electron chi connectivity index (χ2n) is 9.43. The topological polar surface area (TPSA) is 116 Å². The number of rotatable bonds is 9. The Morgan fingerprint density at radius 2 is 1.73 bits per heavy atom. The highest BCUT2D eigenvalue weighted by molar-refractivity contribution is 5.98. The number of hydrogen-bond donors (Lipinski definition) is 2. The molecule has 37 heavy (non-hydrogen) atoms. The van der Waals surface area contributed by atoms with Crippen LogP contribution in [0.15, 0.2) is 79.1 Å². The number of ether oxygens (including phenoxy) is 2. The van der Waals surface area contributed by atoms with Crippen molar-refractivity contribution in [1.29, 1.82) is 0 Å². The minimum atomic E-state index is -0.647. The summed E-state index contributed by atoms with van der Waals surface area (Å²) in [5, 5.41) is 13.8. The van der Waals surface area contributed by atoms with E-state index < -0.39 is 6.03 Å². The van der Waals surface area contributed by atoms with Crippen molar-refractivity contribution < 1.29 is 19.4 Å². The van der Waals surface area contributed by atoms with Gasteiger partial charge in [0.05, 0.1) is 29.9 Å². The van der Waals surface area contributed by atoms with E-state index in [4.69, 9.17) is 25.4 Å². The van der Waals surface area contributed by atoms with E-state index in [2.05, 4.69) is 25.8 Å². The fourth-order valence-corrected chi connectivity index (χ4v) is 3.60. The maximum Gasteiger partial charge on any atom is 0.325 e. The standard InChI is InChI=1S/C28H31N5O4/c1-28(2,3)25-18-26(33(31-25)21-9-11-22(12-10-21)36-17-5-16-34)32(27(29)35)20-7-13-23(14-8-20)37-24-6-4-15-30-19-24/h4,6-15,18-19,34H,5,16-17H2,1-3H3,(H2,29,35). The summed E-state index contributed by atoms with van der Waals surface area (Å²) < 4.78 is 13.2. The van der Waals surface area contributed by atoms with Crippen LogP contribution in [0.25, 0.3) is 5.69 Å². The lowest BCUT2D eigenvalue weighted by molar-refractivity contribution is 0.233. The molecular formula is C28H31N5O4. The Kier molecular flexibility index (Phi) is 7.74. The molecule has 0 spiro atoms. The van der Waals surface area contributed by atoms with Crippen LogP contribution < -0.4 is 20.1 Å². The number of aliphatic hydroxyl groups excluding tert-OH is 1. The first kappa shape index (κ1) is 25.7. The summed E-state index contributed by atoms with van der Waals surface area (Å²) in [6, 6.07) is 19.3. The molecule has 2 amide bonds. The zero-order valence-electron chi connectivity index (χ0n) is 21.2. The largest absolute Gasteiger partial charge is 0.494 e. The van der Waals surface area contributed by atoms with Crippen molar-refractivity contribution in [2.75, 3.05) is 18.1 Å². The number of urea groups is 1. The van der Waals surface area contributed by atoms with Crippen LogP contribution in [-0.2, 0) is 5.41 Å². The van der Waals surface area contributed by atoms with Crippen LogP contribution in [0, 0.1) is 0 Å². The normalized spacial score (nSPS) is 11.2. The highest BCUT2D eigenvalue weighted by Gasteiger charge is 2.26. The molecule has 9 heteroatoms. The van der Waals surface area contributed by atoms with Gasteiger partial charge in [-0.1, -0.05) is 20.8 Å². The molecule has 2 aromatic carbocycles. The molecule has 2 heterocycles. The van der Waals surface area contributed by atoms with Gasteiger partial charge in [-0.05, 0) is 60.7 Å². The summed E-state index contributed by atoms with van der Waals surface area (Å²) in [5.41, 5.74) is 7.72. The Labute approximate surface area is 216 Å². The SMILES string of the molecule is CC(C)(C)c1cc(N(C(N)=O)c2ccc(Oc3cccnc3)cc2)n(-c2ccc(OCCCO)cc2)n1. The van der Waals surface area contributed by atoms with Gasteiger partial charge >= 0.3 is 6.03 Å². The molecule has 2 aromatic heterocycles. The Balaban J connectivity index is 1.68. The molecule has 0 radical (unpaired) electrons. The minimum Gasteiger partial charge on any atom is -0.494 e. The van der Waals surface area contributed by atoms with E-state index in [1.54, 1.807) is 47.4 Å². The number of aromatic nitrogens is 3. The maximum absolute atomic E-state index is 12.7. The highest BCUT2D eigenvalue weighted by Crippen LogP contribution is 2.34. The third-order valence-electron chi connectivity index (χ3n) is 5.53. The van der Waals surface area contributed by atoms with E-state index in [0.717, 1.165) is 11.4 Å². The van der Waals surface area contributed by atoms with Crippen molar-refractivity contribution in [2.24, 2.45) is 5.73 Å². The Bertz CT molecular complexity index is 1310. The van der Waals surface area contributed by atoms with Crippen LogP contribution in [-0.4, -0.2) is 39.1 Å². The third-order valence-corrected chi connectivity index (χ3v) is 5.53. The van der Waals surface area contributed by atoms with Crippen molar-refractivity contribution >= 4 is 17.5 Å². The van der Waals surface area contributed by atoms with Gasteiger partial charge in [-0.25, -0.2) is 14.4 Å². The number of anilines is 2. The molecule has 0 unspecified atom stereocenters. The zero-order valence-corrected chi connectivity index (χ0v) is 21.2. The van der Waals surface area contributed by atoms with E-state index in [1.165, 1.54) is 4.90 Å². The van der Waals surface area contributed by atoms with Crippen LogP contribution in [0.2, 0.25) is 0 Å². The van der Waals surface area contributed by atoms with Gasteiger partial charge in [-0.15, -0.1) is 0 Å². The average Bonchev–Trinajstić information content (AvgIpc) is 3.32. The number of primary amides is 1. The first-order valence-electron chi connectivity index (χ1n) is 12.0. The molecule has 0 bridgehead atoms. The first-order chi connectivity index (χ1) is 17.8. The highest BCUT2D eigenvalue weighted by atomic mass is 16.5. The predicted octanol–water partition coefficient (Wildman–Crippen LogP) is 5.34. The summed E-state index contributed by atoms with van der Waals surface area (Å²) in [7, 11) is 0. The van der Waals surface area contributed by atoms with Crippen LogP contribution in [0.4, 0.5) is 16.3 Å². The van der Waals surface area contributed by atoms with Gasteiger partial charge in [0.2, 0.25) is 0 Å². The molecule has 4 aromatic rings. The molecule has 0 aliphatic carbocycles. The number of pyridine rings is 1. The smallest absolute Gasteiger partial charge is 0.325 e. The molecule has 0 saturated carbocycles. The molecule has 0 fully saturated rings. The zero-order chi connectivity index (χ0) is 26.4. The predicted molar refractivity (Wildman–Crippen MR) is 142 cm³/mol. The van der Waals surface area contributed by atoms with E-state index in [0.29, 0.717) is 41.8 Å². The molecule has 0 atom stereocenters. The second kappa shape index (κ2) is 11.1. The van der Waals surface area contributed by atoms with E-state index >= 15 is 0 Å². The molecule has 0 aliphatic rings. The lowest BCUT2D eigenvalue weighted by atomic mass is 9.92. The summed E-state index contributed by atoms with van der Waals surface area (Å²) in [6.45, 7) is 6.67. The lowest BCUT2D eigenvalue weighted by Crippen LogP contribution is -2.33. The molecule has 0 aliphatic heterocycles. The number of nitrogens with zero attached hydrogens (tertiary/aromatic N) is 4. The number of carbonyl (C=O) groups excluding carboxylic acids is 1. The van der Waals surface area contributed by atoms with Crippen molar-refractivity contribution in [3.05, 3.63) is 84.8 Å². The molecule has 0 saturated heterocycles. The van der Waals surface area contributed by atoms with Gasteiger partial charge in [0, 0.05) is 30.7 Å². The van der Waals surface area contributed by atoms with Gasteiger partial charge in [0.1, 0.15) is 23.1 Å². The van der Waals surface area contributed by atoms with Gasteiger partial charge in [0.25, 0.3) is 0 Å². The minimum absolute atomic E-state index is 0.0732. The number of benzene rings is 2. The van der Waals surface area contributed by atoms with Gasteiger partial charge < -0.3 is 20.3 Å². The summed E-state index contributed by atoms with van der Waals surface area (Å²) in [4.78, 5) is 18.2. The summed E-state index contributed by atoms with van der Waals surface area (Å²) >= 11 is 0. The van der Waals surface area contributed by atoms with Crippen molar-refractivity contribution in [3.63, 3.8) is 0 Å². The monoisotopic (exact) mass is 501 g/mol. The van der Waals surface area contributed by atoms with Gasteiger partial charge in [-0.2, -0.15) is 5.10 Å². The van der Waals surface area contributed by atoms with Crippen LogP contribution >= 0.6 is 0 Å². The maximum atomic E-state index is 12.7. The number of hydrogen-bond acceptors (Lipinski definition) is 6. The lowest BCUT2D eigenvalue weighted by Gasteiger charge is -2.22. The Morgan fingerprint density at radius 1 is 1.03 bits per heavy atom. The quantitative estimate of drug-likeness (QED) is 0.299. The van der Waals surface area contributed by atoms with E-state index in [1.807, 2.05) is 36.4 Å². The molecule has 4 rings (SSSR count). The first-order valence-corrected chi connectivity index (χ1v) is 12.0. The number of nitrogens with two attached hydrogens (primary N) is 1. The van der Waals surface area contributed by atoms with Gasteiger partial charge in [-0.3, -0.25) is 4.98 Å². The second-order valence-corrected chi connectivity index (χ2v) is 9.43. The van der Waals surface area contributed by atoms with Crippen LogP contribution in [0.3, 0.4) is 0 Å². The molecule has 9 nitrogen and oxygen atoms in total. The van der Waals surface area contributed by atoms with E-state index in [-0.39, 0.29) is 12.0 Å². The molecule has 192 valence electrons. The molecular weight excluding hydrogens is 470 g/mol. The Morgan fingerprint density at radius 3 is 2.32 bits per heavy atom. The van der Waals surface area contributed by atoms with E-state index in [9.17, 15) is 4.79 Å². The van der Waals surface area contributed by atoms with Crippen LogP contribution in [0.1, 0.15) is 32.9 Å². The average molecular weight is 502 g/mol. The number of amides is 2. The fourth-order valence-electron chi connectivity index (χ4n) is 3.60. The van der Waals surface area contributed by atoms with Crippen LogP contribution in [0.5, 0.6) is 17.2 Å². The van der Waals surface area contributed by atoms with Crippen molar-refractivity contribution in [3.8, 4) is 22.9 Å². The summed E-state index contributed by atoms with van der Waals surface area (Å²) in [6.07, 6.45) is 3.85. The molecule has 3 N–H and O–H groups in total. The Hall–Kier alpha value is -4.37. The third kappa shape index (κ3) is 6.25. The van der Waals surface area contributed by atoms with Crippen molar-refractivity contribution in [2.45, 2.75) is 32.6 Å². The number of aliphatic hydroxyl groups is 1. The summed E-state index contributed by atoms with van der Waals surface area (Å²) in [5.74, 6) is 2.39. The van der Waals surface area contributed by atoms with Crippen molar-refractivity contribution in [1.82, 2.24) is 14.8 Å².